The summed E-state index contributed by atoms with van der Waals surface area (Å²) in [5.41, 5.74) is 0.107. The summed E-state index contributed by atoms with van der Waals surface area (Å²) >= 11 is 0. The lowest BCUT2D eigenvalue weighted by atomic mass is 9.79. The molecule has 0 aliphatic carbocycles. The van der Waals surface area contributed by atoms with Crippen molar-refractivity contribution < 1.29 is 9.53 Å². The third-order valence-electron chi connectivity index (χ3n) is 4.14. The topological polar surface area (TPSA) is 29.5 Å². The van der Waals surface area contributed by atoms with Gasteiger partial charge >= 0.3 is 5.97 Å². The van der Waals surface area contributed by atoms with Gasteiger partial charge in [0.25, 0.3) is 0 Å². The number of esters is 1. The van der Waals surface area contributed by atoms with Crippen LogP contribution in [0.25, 0.3) is 0 Å². The van der Waals surface area contributed by atoms with Crippen LogP contribution >= 0.6 is 0 Å². The summed E-state index contributed by atoms with van der Waals surface area (Å²) in [6.45, 7) is 9.62. The molecule has 0 N–H and O–H groups in total. The molecule has 0 saturated carbocycles. The van der Waals surface area contributed by atoms with Gasteiger partial charge in [-0.3, -0.25) is 4.79 Å². The molecule has 0 bridgehead atoms. The van der Waals surface area contributed by atoms with Crippen LogP contribution in [0.1, 0.15) is 47.0 Å². The van der Waals surface area contributed by atoms with Crippen molar-refractivity contribution in [1.82, 2.24) is 4.90 Å². The Bertz CT molecular complexity index is 250. The number of carbonyl (C=O) groups excluding carboxylic acids is 1. The molecule has 1 heterocycles. The maximum atomic E-state index is 11.5. The highest BCUT2D eigenvalue weighted by molar-refractivity contribution is 5.69. The fourth-order valence-electron chi connectivity index (χ4n) is 2.25. The molecule has 2 atom stereocenters. The molecular formula is C13H25NO2. The Morgan fingerprint density at radius 3 is 2.69 bits per heavy atom. The van der Waals surface area contributed by atoms with E-state index in [4.69, 9.17) is 4.74 Å². The number of ether oxygens (including phenoxy) is 1. The molecule has 0 spiro atoms. The minimum atomic E-state index is -0.0419. The lowest BCUT2D eigenvalue weighted by Gasteiger charge is -2.48. The van der Waals surface area contributed by atoms with Crippen molar-refractivity contribution in [1.29, 1.82) is 0 Å². The number of hydrogen-bond acceptors (Lipinski definition) is 3. The van der Waals surface area contributed by atoms with Crippen molar-refractivity contribution in [2.45, 2.75) is 58.6 Å². The first-order chi connectivity index (χ1) is 7.39. The zero-order chi connectivity index (χ0) is 12.3. The maximum Gasteiger partial charge on any atom is 0.306 e. The molecule has 0 aromatic carbocycles. The maximum absolute atomic E-state index is 11.5. The summed E-state index contributed by atoms with van der Waals surface area (Å²) in [7, 11) is 2.14. The molecule has 1 rings (SSSR count). The van der Waals surface area contributed by atoms with Crippen LogP contribution in [0.4, 0.5) is 0 Å². The Kier molecular flexibility index (Phi) is 4.36. The van der Waals surface area contributed by atoms with Crippen LogP contribution in [0, 0.1) is 5.92 Å². The highest BCUT2D eigenvalue weighted by Crippen LogP contribution is 2.33. The lowest BCUT2D eigenvalue weighted by molar-refractivity contribution is -0.159. The van der Waals surface area contributed by atoms with Gasteiger partial charge in [0.1, 0.15) is 6.10 Å². The SMILES string of the molecule is CCCC(=O)OC1CCN(C)C(C)(C)C1C. The standard InChI is InChI=1S/C13H25NO2/c1-6-7-12(15)16-11-8-9-14(5)13(3,4)10(11)2/h10-11H,6-9H2,1-5H3. The molecule has 1 aliphatic rings. The second kappa shape index (κ2) is 5.17. The molecule has 0 amide bonds. The molecule has 16 heavy (non-hydrogen) atoms. The van der Waals surface area contributed by atoms with Crippen molar-refractivity contribution in [3.05, 3.63) is 0 Å². The van der Waals surface area contributed by atoms with E-state index in [0.29, 0.717) is 12.3 Å². The summed E-state index contributed by atoms with van der Waals surface area (Å²) in [4.78, 5) is 13.9. The van der Waals surface area contributed by atoms with E-state index in [2.05, 4.69) is 32.7 Å². The van der Waals surface area contributed by atoms with Gasteiger partial charge in [0.2, 0.25) is 0 Å². The van der Waals surface area contributed by atoms with Crippen LogP contribution in [0.2, 0.25) is 0 Å². The van der Waals surface area contributed by atoms with Gasteiger partial charge in [-0.1, -0.05) is 13.8 Å². The number of rotatable bonds is 3. The highest BCUT2D eigenvalue weighted by atomic mass is 16.5. The van der Waals surface area contributed by atoms with E-state index in [1.54, 1.807) is 0 Å². The smallest absolute Gasteiger partial charge is 0.306 e. The van der Waals surface area contributed by atoms with Crippen molar-refractivity contribution in [2.75, 3.05) is 13.6 Å². The minimum Gasteiger partial charge on any atom is -0.462 e. The zero-order valence-corrected chi connectivity index (χ0v) is 11.2. The fraction of sp³-hybridized carbons (Fsp3) is 0.923. The molecule has 2 unspecified atom stereocenters. The fourth-order valence-corrected chi connectivity index (χ4v) is 2.25. The summed E-state index contributed by atoms with van der Waals surface area (Å²) in [6.07, 6.45) is 2.45. The van der Waals surface area contributed by atoms with Gasteiger partial charge in [0, 0.05) is 24.4 Å². The van der Waals surface area contributed by atoms with E-state index >= 15 is 0 Å². The second-order valence-corrected chi connectivity index (χ2v) is 5.43. The highest BCUT2D eigenvalue weighted by Gasteiger charge is 2.41. The second-order valence-electron chi connectivity index (χ2n) is 5.43. The minimum absolute atomic E-state index is 0.0419. The van der Waals surface area contributed by atoms with Gasteiger partial charge < -0.3 is 9.64 Å². The summed E-state index contributed by atoms with van der Waals surface area (Å²) < 4.78 is 5.56. The lowest BCUT2D eigenvalue weighted by Crippen LogP contribution is -2.56. The molecule has 0 aromatic heterocycles. The summed E-state index contributed by atoms with van der Waals surface area (Å²) in [5, 5.41) is 0. The van der Waals surface area contributed by atoms with Gasteiger partial charge in [0.15, 0.2) is 0 Å². The quantitative estimate of drug-likeness (QED) is 0.694. The predicted molar refractivity (Wildman–Crippen MR) is 65.3 cm³/mol. The van der Waals surface area contributed by atoms with Gasteiger partial charge in [-0.25, -0.2) is 0 Å². The van der Waals surface area contributed by atoms with Crippen molar-refractivity contribution in [2.24, 2.45) is 5.92 Å². The number of likely N-dealkylation sites (tertiary alicyclic amines) is 1. The first-order valence-electron chi connectivity index (χ1n) is 6.30. The number of hydrogen-bond donors (Lipinski definition) is 0. The van der Waals surface area contributed by atoms with Crippen LogP contribution < -0.4 is 0 Å². The number of nitrogens with zero attached hydrogens (tertiary/aromatic N) is 1. The Labute approximate surface area is 99.1 Å². The van der Waals surface area contributed by atoms with E-state index in [-0.39, 0.29) is 17.6 Å². The molecule has 1 saturated heterocycles. The molecule has 0 radical (unpaired) electrons. The van der Waals surface area contributed by atoms with Crippen LogP contribution in [0.3, 0.4) is 0 Å². The Hall–Kier alpha value is -0.570. The van der Waals surface area contributed by atoms with Crippen molar-refractivity contribution in [3.63, 3.8) is 0 Å². The molecule has 1 fully saturated rings. The first-order valence-corrected chi connectivity index (χ1v) is 6.30. The van der Waals surface area contributed by atoms with Crippen molar-refractivity contribution in [3.8, 4) is 0 Å². The average molecular weight is 227 g/mol. The predicted octanol–water partition coefficient (Wildman–Crippen LogP) is 2.45. The van der Waals surface area contributed by atoms with Crippen LogP contribution in [0.5, 0.6) is 0 Å². The molecule has 3 heteroatoms. The number of carbonyl (C=O) groups is 1. The normalized spacial score (nSPS) is 30.1. The third kappa shape index (κ3) is 2.76. The molecule has 94 valence electrons. The molecule has 3 nitrogen and oxygen atoms in total. The monoisotopic (exact) mass is 227 g/mol. The first kappa shape index (κ1) is 13.5. The van der Waals surface area contributed by atoms with Gasteiger partial charge in [0.05, 0.1) is 0 Å². The Balaban J connectivity index is 2.59. The van der Waals surface area contributed by atoms with Crippen LogP contribution in [-0.2, 0) is 9.53 Å². The van der Waals surface area contributed by atoms with Gasteiger partial charge in [-0.05, 0) is 33.7 Å². The molecule has 1 aliphatic heterocycles. The van der Waals surface area contributed by atoms with Crippen LogP contribution in [-0.4, -0.2) is 36.1 Å². The van der Waals surface area contributed by atoms with E-state index in [9.17, 15) is 4.79 Å². The van der Waals surface area contributed by atoms with E-state index in [0.717, 1.165) is 19.4 Å². The van der Waals surface area contributed by atoms with Gasteiger partial charge in [-0.2, -0.15) is 0 Å². The van der Waals surface area contributed by atoms with Gasteiger partial charge in [-0.15, -0.1) is 0 Å². The number of piperidine rings is 1. The zero-order valence-electron chi connectivity index (χ0n) is 11.2. The Morgan fingerprint density at radius 2 is 2.12 bits per heavy atom. The van der Waals surface area contributed by atoms with E-state index in [1.807, 2.05) is 6.92 Å². The van der Waals surface area contributed by atoms with Crippen molar-refractivity contribution >= 4 is 5.97 Å². The largest absolute Gasteiger partial charge is 0.462 e. The molecule has 0 aromatic rings. The average Bonchev–Trinajstić information content (AvgIpc) is 2.20. The summed E-state index contributed by atoms with van der Waals surface area (Å²) in [6, 6.07) is 0. The Morgan fingerprint density at radius 1 is 1.50 bits per heavy atom. The van der Waals surface area contributed by atoms with E-state index < -0.39 is 0 Å². The van der Waals surface area contributed by atoms with Crippen LogP contribution in [0.15, 0.2) is 0 Å². The van der Waals surface area contributed by atoms with E-state index in [1.165, 1.54) is 0 Å². The molecular weight excluding hydrogens is 202 g/mol. The third-order valence-corrected chi connectivity index (χ3v) is 4.14. The summed E-state index contributed by atoms with van der Waals surface area (Å²) in [5.74, 6) is 0.340.